The van der Waals surface area contributed by atoms with Crippen molar-refractivity contribution in [1.82, 2.24) is 4.57 Å². The van der Waals surface area contributed by atoms with Crippen molar-refractivity contribution in [2.24, 2.45) is 0 Å². The zero-order chi connectivity index (χ0) is 16.2. The van der Waals surface area contributed by atoms with Gasteiger partial charge in [0, 0.05) is 30.1 Å². The van der Waals surface area contributed by atoms with Gasteiger partial charge in [-0.25, -0.2) is 0 Å². The molecule has 1 heterocycles. The van der Waals surface area contributed by atoms with Gasteiger partial charge < -0.3 is 9.36 Å². The molecule has 3 aromatic rings. The number of benzene rings is 2. The summed E-state index contributed by atoms with van der Waals surface area (Å²) in [4.78, 5) is 11.2. The molecule has 0 atom stereocenters. The second-order valence-electron chi connectivity index (χ2n) is 6.28. The predicted octanol–water partition coefficient (Wildman–Crippen LogP) is 4.91. The van der Waals surface area contributed by atoms with Crippen LogP contribution in [0, 0.1) is 6.92 Å². The lowest BCUT2D eigenvalue weighted by molar-refractivity contribution is -0.117. The average molecular weight is 305 g/mol. The number of aryl methyl sites for hydroxylation is 2. The molecular formula is C21H23NO. The molecule has 0 amide bonds. The Morgan fingerprint density at radius 1 is 1.00 bits per heavy atom. The number of hydrogen-bond donors (Lipinski definition) is 0. The fourth-order valence-corrected chi connectivity index (χ4v) is 3.15. The van der Waals surface area contributed by atoms with Crippen LogP contribution in [-0.4, -0.2) is 10.4 Å². The lowest BCUT2D eigenvalue weighted by Gasteiger charge is -2.08. The maximum absolute atomic E-state index is 11.2. The molecule has 0 bridgehead atoms. The molecule has 0 aliphatic heterocycles. The van der Waals surface area contributed by atoms with Gasteiger partial charge in [-0.1, -0.05) is 42.5 Å². The minimum Gasteiger partial charge on any atom is -0.343 e. The van der Waals surface area contributed by atoms with Gasteiger partial charge >= 0.3 is 0 Å². The fourth-order valence-electron chi connectivity index (χ4n) is 3.15. The SMILES string of the molecule is CC(=O)CCCc1cn(Cc2ccccc2C)c2ccccc12. The second-order valence-corrected chi connectivity index (χ2v) is 6.28. The summed E-state index contributed by atoms with van der Waals surface area (Å²) in [5, 5.41) is 1.31. The van der Waals surface area contributed by atoms with Crippen LogP contribution < -0.4 is 0 Å². The Bertz CT molecular complexity index is 829. The van der Waals surface area contributed by atoms with E-state index in [1.807, 2.05) is 0 Å². The summed E-state index contributed by atoms with van der Waals surface area (Å²) in [6.07, 6.45) is 4.81. The van der Waals surface area contributed by atoms with Crippen LogP contribution in [0.1, 0.15) is 36.5 Å². The molecule has 0 unspecified atom stereocenters. The number of aromatic nitrogens is 1. The van der Waals surface area contributed by atoms with Gasteiger partial charge in [-0.15, -0.1) is 0 Å². The highest BCUT2D eigenvalue weighted by molar-refractivity contribution is 5.84. The molecule has 0 saturated carbocycles. The van der Waals surface area contributed by atoms with Crippen LogP contribution in [-0.2, 0) is 17.8 Å². The van der Waals surface area contributed by atoms with Gasteiger partial charge in [0.1, 0.15) is 5.78 Å². The number of para-hydroxylation sites is 1. The number of ketones is 1. The smallest absolute Gasteiger partial charge is 0.129 e. The molecular weight excluding hydrogens is 282 g/mol. The first-order chi connectivity index (χ1) is 11.1. The first kappa shape index (κ1) is 15.5. The molecule has 0 spiro atoms. The Morgan fingerprint density at radius 2 is 1.74 bits per heavy atom. The van der Waals surface area contributed by atoms with Crippen LogP contribution in [0.25, 0.3) is 10.9 Å². The number of carbonyl (C=O) groups is 1. The molecule has 1 aromatic heterocycles. The van der Waals surface area contributed by atoms with Gasteiger partial charge in [0.15, 0.2) is 0 Å². The van der Waals surface area contributed by atoms with Crippen molar-refractivity contribution in [3.05, 3.63) is 71.4 Å². The quantitative estimate of drug-likeness (QED) is 0.634. The lowest BCUT2D eigenvalue weighted by Crippen LogP contribution is -1.99. The molecule has 0 N–H and O–H groups in total. The van der Waals surface area contributed by atoms with Crippen LogP contribution in [0.15, 0.2) is 54.7 Å². The van der Waals surface area contributed by atoms with Crippen molar-refractivity contribution in [3.8, 4) is 0 Å². The van der Waals surface area contributed by atoms with Crippen molar-refractivity contribution in [2.75, 3.05) is 0 Å². The highest BCUT2D eigenvalue weighted by atomic mass is 16.1. The standard InChI is InChI=1S/C21H23NO/c1-16-8-3-4-10-18(16)14-22-15-19(11-7-9-17(2)23)20-12-5-6-13-21(20)22/h3-6,8,10,12-13,15H,7,9,11,14H2,1-2H3. The molecule has 0 aliphatic rings. The van der Waals surface area contributed by atoms with Gasteiger partial charge in [-0.2, -0.15) is 0 Å². The highest BCUT2D eigenvalue weighted by Crippen LogP contribution is 2.24. The van der Waals surface area contributed by atoms with Crippen molar-refractivity contribution in [3.63, 3.8) is 0 Å². The maximum Gasteiger partial charge on any atom is 0.129 e. The van der Waals surface area contributed by atoms with Gasteiger partial charge in [-0.3, -0.25) is 0 Å². The van der Waals surface area contributed by atoms with Crippen LogP contribution in [0.4, 0.5) is 0 Å². The van der Waals surface area contributed by atoms with E-state index in [-0.39, 0.29) is 5.78 Å². The Morgan fingerprint density at radius 3 is 2.52 bits per heavy atom. The van der Waals surface area contributed by atoms with Gasteiger partial charge in [0.05, 0.1) is 0 Å². The van der Waals surface area contributed by atoms with Gasteiger partial charge in [0.25, 0.3) is 0 Å². The van der Waals surface area contributed by atoms with Crippen molar-refractivity contribution in [1.29, 1.82) is 0 Å². The fraction of sp³-hybridized carbons (Fsp3) is 0.286. The maximum atomic E-state index is 11.2. The monoisotopic (exact) mass is 305 g/mol. The van der Waals surface area contributed by atoms with E-state index in [0.717, 1.165) is 19.4 Å². The molecule has 0 saturated heterocycles. The van der Waals surface area contributed by atoms with Crippen LogP contribution >= 0.6 is 0 Å². The molecule has 2 nitrogen and oxygen atoms in total. The summed E-state index contributed by atoms with van der Waals surface area (Å²) in [6, 6.07) is 17.1. The summed E-state index contributed by atoms with van der Waals surface area (Å²) in [5.41, 5.74) is 5.29. The third-order valence-corrected chi connectivity index (χ3v) is 4.45. The van der Waals surface area contributed by atoms with E-state index in [1.165, 1.54) is 27.6 Å². The van der Waals surface area contributed by atoms with E-state index in [1.54, 1.807) is 6.92 Å². The molecule has 0 aliphatic carbocycles. The highest BCUT2D eigenvalue weighted by Gasteiger charge is 2.09. The summed E-state index contributed by atoms with van der Waals surface area (Å²) in [7, 11) is 0. The minimum atomic E-state index is 0.272. The van der Waals surface area contributed by atoms with E-state index < -0.39 is 0 Å². The second kappa shape index (κ2) is 6.82. The summed E-state index contributed by atoms with van der Waals surface area (Å²) >= 11 is 0. The molecule has 0 fully saturated rings. The number of carbonyl (C=O) groups excluding carboxylic acids is 1. The first-order valence-corrected chi connectivity index (χ1v) is 8.26. The normalized spacial score (nSPS) is 11.0. The lowest BCUT2D eigenvalue weighted by atomic mass is 10.1. The first-order valence-electron chi connectivity index (χ1n) is 8.26. The van der Waals surface area contributed by atoms with Gasteiger partial charge in [0.2, 0.25) is 0 Å². The third-order valence-electron chi connectivity index (χ3n) is 4.45. The van der Waals surface area contributed by atoms with E-state index in [9.17, 15) is 4.79 Å². The van der Waals surface area contributed by atoms with Gasteiger partial charge in [-0.05, 0) is 49.4 Å². The van der Waals surface area contributed by atoms with Crippen molar-refractivity contribution in [2.45, 2.75) is 39.7 Å². The number of rotatable bonds is 6. The third kappa shape index (κ3) is 3.53. The number of Topliss-reactive ketones (excluding diaryl/α,β-unsaturated/α-hetero) is 1. The van der Waals surface area contributed by atoms with E-state index >= 15 is 0 Å². The summed E-state index contributed by atoms with van der Waals surface area (Å²) in [6.45, 7) is 4.72. The van der Waals surface area contributed by atoms with E-state index in [0.29, 0.717) is 6.42 Å². The molecule has 2 heteroatoms. The molecule has 2 aromatic carbocycles. The van der Waals surface area contributed by atoms with Crippen LogP contribution in [0.3, 0.4) is 0 Å². The average Bonchev–Trinajstić information content (AvgIpc) is 2.88. The van der Waals surface area contributed by atoms with Crippen LogP contribution in [0.5, 0.6) is 0 Å². The number of fused-ring (bicyclic) bond motifs is 1. The minimum absolute atomic E-state index is 0.272. The largest absolute Gasteiger partial charge is 0.343 e. The summed E-state index contributed by atoms with van der Waals surface area (Å²) in [5.74, 6) is 0.272. The molecule has 23 heavy (non-hydrogen) atoms. The van der Waals surface area contributed by atoms with Crippen LogP contribution in [0.2, 0.25) is 0 Å². The zero-order valence-corrected chi connectivity index (χ0v) is 13.9. The Kier molecular flexibility index (Phi) is 4.61. The molecule has 3 rings (SSSR count). The zero-order valence-electron chi connectivity index (χ0n) is 13.9. The Hall–Kier alpha value is -2.35. The van der Waals surface area contributed by atoms with E-state index in [2.05, 4.69) is 66.2 Å². The Labute approximate surface area is 137 Å². The number of nitrogens with zero attached hydrogens (tertiary/aromatic N) is 1. The van der Waals surface area contributed by atoms with Crippen molar-refractivity contribution < 1.29 is 4.79 Å². The van der Waals surface area contributed by atoms with E-state index in [4.69, 9.17) is 0 Å². The molecule has 0 radical (unpaired) electrons. The summed E-state index contributed by atoms with van der Waals surface area (Å²) < 4.78 is 2.33. The predicted molar refractivity (Wildman–Crippen MR) is 95.8 cm³/mol. The topological polar surface area (TPSA) is 22.0 Å². The Balaban J connectivity index is 1.91. The molecule has 118 valence electrons. The van der Waals surface area contributed by atoms with Crippen molar-refractivity contribution >= 4 is 16.7 Å². The number of hydrogen-bond acceptors (Lipinski definition) is 1.